The monoisotopic (exact) mass is 284 g/mol. The highest BCUT2D eigenvalue weighted by molar-refractivity contribution is 5.96. The summed E-state index contributed by atoms with van der Waals surface area (Å²) >= 11 is 0. The number of ketones is 1. The predicted octanol–water partition coefficient (Wildman–Crippen LogP) is 3.42. The number of anilines is 1. The smallest absolute Gasteiger partial charge is 0.244 e. The number of nitrogens with zero attached hydrogens (tertiary/aromatic N) is 1. The van der Waals surface area contributed by atoms with E-state index in [0.717, 1.165) is 17.7 Å². The molecule has 0 saturated heterocycles. The number of aryl methyl sites for hydroxylation is 1. The van der Waals surface area contributed by atoms with Gasteiger partial charge < -0.3 is 9.88 Å². The molecule has 2 aromatic rings. The van der Waals surface area contributed by atoms with E-state index in [1.165, 1.54) is 0 Å². The Hall–Kier alpha value is -2.36. The predicted molar refractivity (Wildman–Crippen MR) is 83.5 cm³/mol. The molecule has 0 radical (unpaired) electrons. The van der Waals surface area contributed by atoms with Crippen molar-refractivity contribution in [3.63, 3.8) is 0 Å². The second-order valence-electron chi connectivity index (χ2n) is 5.11. The molecule has 1 heterocycles. The van der Waals surface area contributed by atoms with E-state index in [1.807, 2.05) is 38.1 Å². The van der Waals surface area contributed by atoms with E-state index < -0.39 is 0 Å². The van der Waals surface area contributed by atoms with Crippen molar-refractivity contribution in [2.24, 2.45) is 0 Å². The lowest BCUT2D eigenvalue weighted by molar-refractivity contribution is -0.116. The summed E-state index contributed by atoms with van der Waals surface area (Å²) < 4.78 is 1.73. The molecule has 1 aromatic carbocycles. The van der Waals surface area contributed by atoms with Crippen molar-refractivity contribution in [1.82, 2.24) is 4.57 Å². The van der Waals surface area contributed by atoms with Gasteiger partial charge in [-0.3, -0.25) is 9.59 Å². The number of Topliss-reactive ketones (excluding diaryl/α,β-unsaturated/α-hetero) is 1. The van der Waals surface area contributed by atoms with Gasteiger partial charge in [-0.25, -0.2) is 0 Å². The molecule has 110 valence electrons. The van der Waals surface area contributed by atoms with Crippen LogP contribution in [-0.2, 0) is 11.3 Å². The number of hydrogen-bond acceptors (Lipinski definition) is 2. The Morgan fingerprint density at radius 1 is 1.19 bits per heavy atom. The van der Waals surface area contributed by atoms with Crippen molar-refractivity contribution >= 4 is 17.4 Å². The molecule has 0 saturated carbocycles. The number of para-hydroxylation sites is 1. The summed E-state index contributed by atoms with van der Waals surface area (Å²) in [6.45, 7) is 4.13. The second kappa shape index (κ2) is 6.88. The fourth-order valence-corrected chi connectivity index (χ4v) is 2.14. The summed E-state index contributed by atoms with van der Waals surface area (Å²) in [5.41, 5.74) is 2.51. The van der Waals surface area contributed by atoms with Crippen LogP contribution >= 0.6 is 0 Å². The average molecular weight is 284 g/mol. The van der Waals surface area contributed by atoms with Crippen LogP contribution in [-0.4, -0.2) is 16.3 Å². The van der Waals surface area contributed by atoms with Crippen LogP contribution < -0.4 is 5.32 Å². The van der Waals surface area contributed by atoms with E-state index in [4.69, 9.17) is 0 Å². The normalized spacial score (nSPS) is 10.4. The Bertz CT molecular complexity index is 644. The van der Waals surface area contributed by atoms with Gasteiger partial charge >= 0.3 is 0 Å². The van der Waals surface area contributed by atoms with Gasteiger partial charge in [0, 0.05) is 30.1 Å². The molecule has 0 atom stereocenters. The van der Waals surface area contributed by atoms with Gasteiger partial charge in [0.2, 0.25) is 5.91 Å². The van der Waals surface area contributed by atoms with Crippen LogP contribution in [0.15, 0.2) is 42.7 Å². The first-order chi connectivity index (χ1) is 10.1. The molecule has 2 rings (SSSR count). The maximum absolute atomic E-state index is 12.0. The average Bonchev–Trinajstić information content (AvgIpc) is 2.90. The number of rotatable bonds is 6. The molecular weight excluding hydrogens is 264 g/mol. The first-order valence-corrected chi connectivity index (χ1v) is 7.14. The van der Waals surface area contributed by atoms with Crippen molar-refractivity contribution in [1.29, 1.82) is 0 Å². The summed E-state index contributed by atoms with van der Waals surface area (Å²) in [5, 5.41) is 2.88. The lowest BCUT2D eigenvalue weighted by Gasteiger charge is -2.08. The van der Waals surface area contributed by atoms with Crippen LogP contribution in [0.5, 0.6) is 0 Å². The van der Waals surface area contributed by atoms with Gasteiger partial charge in [-0.1, -0.05) is 25.1 Å². The van der Waals surface area contributed by atoms with Crippen molar-refractivity contribution in [3.8, 4) is 0 Å². The third-order valence-corrected chi connectivity index (χ3v) is 3.29. The Kier molecular flexibility index (Phi) is 4.93. The zero-order chi connectivity index (χ0) is 15.2. The lowest BCUT2D eigenvalue weighted by Crippen LogP contribution is -2.18. The van der Waals surface area contributed by atoms with Crippen LogP contribution in [0.25, 0.3) is 0 Å². The number of hydrogen-bond donors (Lipinski definition) is 1. The number of carbonyl (C=O) groups excluding carboxylic acids is 2. The zero-order valence-electron chi connectivity index (χ0n) is 12.4. The molecule has 4 nitrogen and oxygen atoms in total. The first-order valence-electron chi connectivity index (χ1n) is 7.14. The molecule has 1 aromatic heterocycles. The molecule has 0 aliphatic heterocycles. The third-order valence-electron chi connectivity index (χ3n) is 3.29. The summed E-state index contributed by atoms with van der Waals surface area (Å²) in [6, 6.07) is 9.41. The lowest BCUT2D eigenvalue weighted by atomic mass is 10.1. The topological polar surface area (TPSA) is 51.1 Å². The maximum Gasteiger partial charge on any atom is 0.244 e. The molecule has 4 heteroatoms. The van der Waals surface area contributed by atoms with E-state index in [0.29, 0.717) is 12.0 Å². The van der Waals surface area contributed by atoms with E-state index in [-0.39, 0.29) is 18.2 Å². The molecule has 0 spiro atoms. The van der Waals surface area contributed by atoms with Crippen LogP contribution in [0.3, 0.4) is 0 Å². The molecule has 0 fully saturated rings. The fourth-order valence-electron chi connectivity index (χ4n) is 2.14. The van der Waals surface area contributed by atoms with E-state index >= 15 is 0 Å². The van der Waals surface area contributed by atoms with Crippen molar-refractivity contribution in [2.75, 3.05) is 5.32 Å². The molecule has 0 aliphatic rings. The summed E-state index contributed by atoms with van der Waals surface area (Å²) in [6.07, 6.45) is 4.87. The van der Waals surface area contributed by atoms with Crippen LogP contribution in [0.1, 0.15) is 35.7 Å². The van der Waals surface area contributed by atoms with Gasteiger partial charge in [-0.15, -0.1) is 0 Å². The van der Waals surface area contributed by atoms with Gasteiger partial charge in [0.1, 0.15) is 6.54 Å². The minimum absolute atomic E-state index is 0.102. The number of benzene rings is 1. The van der Waals surface area contributed by atoms with Gasteiger partial charge in [0.05, 0.1) is 0 Å². The molecule has 1 amide bonds. The van der Waals surface area contributed by atoms with Crippen molar-refractivity contribution < 1.29 is 9.59 Å². The van der Waals surface area contributed by atoms with Gasteiger partial charge in [0.25, 0.3) is 0 Å². The standard InChI is InChI=1S/C17H20N2O2/c1-3-6-16(20)14-9-10-19(11-14)12-17(21)18-15-8-5-4-7-13(15)2/h4-5,7-11H,3,6,12H2,1-2H3,(H,18,21). The van der Waals surface area contributed by atoms with Crippen LogP contribution in [0.2, 0.25) is 0 Å². The zero-order valence-corrected chi connectivity index (χ0v) is 12.4. The number of aromatic nitrogens is 1. The first kappa shape index (κ1) is 15.0. The molecule has 0 bridgehead atoms. The minimum Gasteiger partial charge on any atom is -0.344 e. The Balaban J connectivity index is 1.97. The summed E-state index contributed by atoms with van der Waals surface area (Å²) in [4.78, 5) is 23.8. The number of carbonyl (C=O) groups is 2. The highest BCUT2D eigenvalue weighted by Crippen LogP contribution is 2.13. The maximum atomic E-state index is 12.0. The van der Waals surface area contributed by atoms with Crippen LogP contribution in [0, 0.1) is 6.92 Å². The third kappa shape index (κ3) is 4.05. The van der Waals surface area contributed by atoms with E-state index in [2.05, 4.69) is 5.32 Å². The quantitative estimate of drug-likeness (QED) is 0.826. The Labute approximate surface area is 124 Å². The molecule has 21 heavy (non-hydrogen) atoms. The Morgan fingerprint density at radius 2 is 1.95 bits per heavy atom. The highest BCUT2D eigenvalue weighted by atomic mass is 16.2. The molecule has 0 unspecified atom stereocenters. The van der Waals surface area contributed by atoms with Crippen molar-refractivity contribution in [2.45, 2.75) is 33.2 Å². The minimum atomic E-state index is -0.102. The Morgan fingerprint density at radius 3 is 2.67 bits per heavy atom. The molecule has 0 aliphatic carbocycles. The number of nitrogens with one attached hydrogen (secondary N) is 1. The van der Waals surface area contributed by atoms with Gasteiger partial charge in [-0.05, 0) is 31.0 Å². The van der Waals surface area contributed by atoms with Gasteiger partial charge in [0.15, 0.2) is 5.78 Å². The SMILES string of the molecule is CCCC(=O)c1ccn(CC(=O)Nc2ccccc2C)c1. The van der Waals surface area contributed by atoms with E-state index in [1.54, 1.807) is 23.0 Å². The highest BCUT2D eigenvalue weighted by Gasteiger charge is 2.09. The summed E-state index contributed by atoms with van der Waals surface area (Å²) in [5.74, 6) is 0.0185. The van der Waals surface area contributed by atoms with Crippen LogP contribution in [0.4, 0.5) is 5.69 Å². The second-order valence-corrected chi connectivity index (χ2v) is 5.11. The summed E-state index contributed by atoms with van der Waals surface area (Å²) in [7, 11) is 0. The fraction of sp³-hybridized carbons (Fsp3) is 0.294. The van der Waals surface area contributed by atoms with Gasteiger partial charge in [-0.2, -0.15) is 0 Å². The largest absolute Gasteiger partial charge is 0.344 e. The molecule has 1 N–H and O–H groups in total. The van der Waals surface area contributed by atoms with Crippen molar-refractivity contribution in [3.05, 3.63) is 53.9 Å². The van der Waals surface area contributed by atoms with E-state index in [9.17, 15) is 9.59 Å². The molecular formula is C17H20N2O2. The number of amides is 1.